The zero-order valence-electron chi connectivity index (χ0n) is 15.7. The van der Waals surface area contributed by atoms with Crippen molar-refractivity contribution in [2.45, 2.75) is 32.6 Å². The molecule has 1 aromatic carbocycles. The van der Waals surface area contributed by atoms with Crippen molar-refractivity contribution in [3.63, 3.8) is 0 Å². The Morgan fingerprint density at radius 3 is 2.23 bits per heavy atom. The number of nitrogens with zero attached hydrogens (tertiary/aromatic N) is 3. The minimum absolute atomic E-state index is 0.0355. The number of carbonyl (C=O) groups is 2. The van der Waals surface area contributed by atoms with Gasteiger partial charge < -0.3 is 15.5 Å². The number of rotatable bonds is 3. The third-order valence-corrected chi connectivity index (χ3v) is 5.47. The molecule has 2 fully saturated rings. The summed E-state index contributed by atoms with van der Waals surface area (Å²) in [6.07, 6.45) is 4.70. The Labute approximate surface area is 155 Å². The van der Waals surface area contributed by atoms with Gasteiger partial charge in [-0.25, -0.2) is 0 Å². The molecule has 2 aliphatic heterocycles. The minimum atomic E-state index is 0.0355. The Kier molecular flexibility index (Phi) is 6.14. The molecule has 1 aromatic rings. The van der Waals surface area contributed by atoms with Crippen molar-refractivity contribution in [1.29, 1.82) is 0 Å². The number of hydrogen-bond donors (Lipinski definition) is 1. The van der Waals surface area contributed by atoms with Gasteiger partial charge in [0.2, 0.25) is 5.91 Å². The van der Waals surface area contributed by atoms with Gasteiger partial charge in [-0.3, -0.25) is 14.5 Å². The van der Waals surface area contributed by atoms with Gasteiger partial charge in [0.15, 0.2) is 0 Å². The number of piperazine rings is 1. The maximum absolute atomic E-state index is 12.8. The van der Waals surface area contributed by atoms with Crippen LogP contribution in [0.15, 0.2) is 18.2 Å². The van der Waals surface area contributed by atoms with Crippen LogP contribution in [0.3, 0.4) is 0 Å². The lowest BCUT2D eigenvalue weighted by Gasteiger charge is -2.35. The fourth-order valence-corrected chi connectivity index (χ4v) is 3.76. The Bertz CT molecular complexity index is 645. The van der Waals surface area contributed by atoms with Crippen LogP contribution in [0.25, 0.3) is 0 Å². The molecule has 3 rings (SSSR count). The Hall–Kier alpha value is -2.08. The van der Waals surface area contributed by atoms with Crippen molar-refractivity contribution < 1.29 is 9.59 Å². The second-order valence-corrected chi connectivity index (χ2v) is 7.44. The van der Waals surface area contributed by atoms with Crippen LogP contribution >= 0.6 is 0 Å². The van der Waals surface area contributed by atoms with Crippen molar-refractivity contribution in [1.82, 2.24) is 14.7 Å². The highest BCUT2D eigenvalue weighted by Gasteiger charge is 2.25. The number of hydrogen-bond acceptors (Lipinski definition) is 4. The van der Waals surface area contributed by atoms with Gasteiger partial charge in [-0.15, -0.1) is 0 Å². The molecule has 0 unspecified atom stereocenters. The van der Waals surface area contributed by atoms with E-state index >= 15 is 0 Å². The second kappa shape index (κ2) is 8.54. The molecular formula is C20H30N4O2. The van der Waals surface area contributed by atoms with Crippen LogP contribution in [0.4, 0.5) is 5.69 Å². The summed E-state index contributed by atoms with van der Waals surface area (Å²) in [6.45, 7) is 6.99. The molecule has 142 valence electrons. The van der Waals surface area contributed by atoms with Crippen molar-refractivity contribution in [2.75, 3.05) is 51.5 Å². The van der Waals surface area contributed by atoms with Gasteiger partial charge in [-0.05, 0) is 37.5 Å². The summed E-state index contributed by atoms with van der Waals surface area (Å²) in [7, 11) is 0. The van der Waals surface area contributed by atoms with E-state index in [4.69, 9.17) is 5.73 Å². The SMILES string of the molecule is Cc1ccc(N)cc1C(=O)N1CCN(CC(=O)N2CCCCCC2)CC1. The van der Waals surface area contributed by atoms with Gasteiger partial charge in [-0.2, -0.15) is 0 Å². The van der Waals surface area contributed by atoms with E-state index < -0.39 is 0 Å². The quantitative estimate of drug-likeness (QED) is 0.836. The lowest BCUT2D eigenvalue weighted by molar-refractivity contribution is -0.132. The molecule has 0 saturated carbocycles. The third kappa shape index (κ3) is 4.55. The molecule has 6 heteroatoms. The lowest BCUT2D eigenvalue weighted by Crippen LogP contribution is -2.51. The Balaban J connectivity index is 1.51. The number of nitrogen functional groups attached to an aromatic ring is 1. The highest BCUT2D eigenvalue weighted by atomic mass is 16.2. The average Bonchev–Trinajstić information content (AvgIpc) is 2.93. The molecule has 2 aliphatic rings. The summed E-state index contributed by atoms with van der Waals surface area (Å²) in [5.74, 6) is 0.270. The standard InChI is InChI=1S/C20H30N4O2/c1-16-6-7-17(21)14-18(16)20(26)24-12-10-22(11-13-24)15-19(25)23-8-4-2-3-5-9-23/h6-7,14H,2-5,8-13,15,21H2,1H3. The molecule has 0 atom stereocenters. The van der Waals surface area contributed by atoms with Gasteiger partial charge in [0.05, 0.1) is 6.54 Å². The molecule has 2 heterocycles. The van der Waals surface area contributed by atoms with E-state index in [2.05, 4.69) is 4.90 Å². The van der Waals surface area contributed by atoms with E-state index in [0.717, 1.165) is 44.6 Å². The van der Waals surface area contributed by atoms with Crippen LogP contribution in [-0.4, -0.2) is 72.3 Å². The van der Waals surface area contributed by atoms with Crippen molar-refractivity contribution >= 4 is 17.5 Å². The second-order valence-electron chi connectivity index (χ2n) is 7.44. The molecule has 0 aromatic heterocycles. The first kappa shape index (κ1) is 18.7. The summed E-state index contributed by atoms with van der Waals surface area (Å²) in [5, 5.41) is 0. The van der Waals surface area contributed by atoms with Crippen LogP contribution in [0.2, 0.25) is 0 Å². The van der Waals surface area contributed by atoms with Crippen molar-refractivity contribution in [3.8, 4) is 0 Å². The number of amides is 2. The predicted molar refractivity (Wildman–Crippen MR) is 103 cm³/mol. The predicted octanol–water partition coefficient (Wildman–Crippen LogP) is 1.74. The normalized spacial score (nSPS) is 19.3. The fraction of sp³-hybridized carbons (Fsp3) is 0.600. The van der Waals surface area contributed by atoms with E-state index in [1.807, 2.05) is 28.9 Å². The van der Waals surface area contributed by atoms with Gasteiger partial charge in [-0.1, -0.05) is 18.9 Å². The topological polar surface area (TPSA) is 69.9 Å². The number of anilines is 1. The largest absolute Gasteiger partial charge is 0.399 e. The molecule has 2 amide bonds. The van der Waals surface area contributed by atoms with E-state index in [1.165, 1.54) is 12.8 Å². The van der Waals surface area contributed by atoms with E-state index in [1.54, 1.807) is 6.07 Å². The monoisotopic (exact) mass is 358 g/mol. The molecule has 26 heavy (non-hydrogen) atoms. The Morgan fingerprint density at radius 1 is 0.923 bits per heavy atom. The summed E-state index contributed by atoms with van der Waals surface area (Å²) in [6, 6.07) is 5.46. The Morgan fingerprint density at radius 2 is 1.58 bits per heavy atom. The van der Waals surface area contributed by atoms with Crippen molar-refractivity contribution in [2.24, 2.45) is 0 Å². The van der Waals surface area contributed by atoms with Gasteiger partial charge in [0.1, 0.15) is 0 Å². The summed E-state index contributed by atoms with van der Waals surface area (Å²) >= 11 is 0. The molecular weight excluding hydrogens is 328 g/mol. The van der Waals surface area contributed by atoms with E-state index in [-0.39, 0.29) is 11.8 Å². The zero-order chi connectivity index (χ0) is 18.5. The lowest BCUT2D eigenvalue weighted by atomic mass is 10.1. The zero-order valence-corrected chi connectivity index (χ0v) is 15.7. The summed E-state index contributed by atoms with van der Waals surface area (Å²) in [5.41, 5.74) is 8.07. The smallest absolute Gasteiger partial charge is 0.254 e. The number of likely N-dealkylation sites (tertiary alicyclic amines) is 1. The molecule has 2 saturated heterocycles. The van der Waals surface area contributed by atoms with Gasteiger partial charge in [0, 0.05) is 50.5 Å². The molecule has 0 aliphatic carbocycles. The first-order valence-electron chi connectivity index (χ1n) is 9.70. The average molecular weight is 358 g/mol. The minimum Gasteiger partial charge on any atom is -0.399 e. The van der Waals surface area contributed by atoms with Crippen LogP contribution in [0, 0.1) is 6.92 Å². The van der Waals surface area contributed by atoms with E-state index in [9.17, 15) is 9.59 Å². The molecule has 2 N–H and O–H groups in total. The van der Waals surface area contributed by atoms with Crippen LogP contribution in [0.5, 0.6) is 0 Å². The third-order valence-electron chi connectivity index (χ3n) is 5.47. The number of carbonyl (C=O) groups excluding carboxylic acids is 2. The summed E-state index contributed by atoms with van der Waals surface area (Å²) < 4.78 is 0. The van der Waals surface area contributed by atoms with Crippen molar-refractivity contribution in [3.05, 3.63) is 29.3 Å². The number of aryl methyl sites for hydroxylation is 1. The first-order chi connectivity index (χ1) is 12.5. The number of benzene rings is 1. The maximum atomic E-state index is 12.8. The number of nitrogens with two attached hydrogens (primary N) is 1. The molecule has 6 nitrogen and oxygen atoms in total. The van der Waals surface area contributed by atoms with Gasteiger partial charge >= 0.3 is 0 Å². The van der Waals surface area contributed by atoms with Crippen LogP contribution < -0.4 is 5.73 Å². The molecule has 0 spiro atoms. The van der Waals surface area contributed by atoms with Gasteiger partial charge in [0.25, 0.3) is 5.91 Å². The fourth-order valence-electron chi connectivity index (χ4n) is 3.76. The van der Waals surface area contributed by atoms with E-state index in [0.29, 0.717) is 30.9 Å². The van der Waals surface area contributed by atoms with Crippen LogP contribution in [0.1, 0.15) is 41.6 Å². The maximum Gasteiger partial charge on any atom is 0.254 e. The molecule has 0 bridgehead atoms. The molecule has 0 radical (unpaired) electrons. The summed E-state index contributed by atoms with van der Waals surface area (Å²) in [4.78, 5) is 31.3. The first-order valence-corrected chi connectivity index (χ1v) is 9.70. The highest BCUT2D eigenvalue weighted by Crippen LogP contribution is 2.17. The highest BCUT2D eigenvalue weighted by molar-refractivity contribution is 5.96. The van der Waals surface area contributed by atoms with Crippen LogP contribution in [-0.2, 0) is 4.79 Å².